The van der Waals surface area contributed by atoms with Gasteiger partial charge >= 0.3 is 5.97 Å². The average molecular weight is 331 g/mol. The molecule has 0 aromatic heterocycles. The molecule has 0 radical (unpaired) electrons. The highest BCUT2D eigenvalue weighted by atomic mass is 19.2. The third-order valence-electron chi connectivity index (χ3n) is 3.01. The maximum atomic E-state index is 13.3. The molecule has 1 aromatic rings. The lowest BCUT2D eigenvalue weighted by Gasteiger charge is -2.22. The molecule has 1 rings (SSSR count). The minimum absolute atomic E-state index is 0.0316. The summed E-state index contributed by atoms with van der Waals surface area (Å²) in [6.45, 7) is 0.280. The summed E-state index contributed by atoms with van der Waals surface area (Å²) in [5.41, 5.74) is -0.0316. The number of halogens is 2. The molecule has 23 heavy (non-hydrogen) atoms. The molecule has 6 nitrogen and oxygen atoms in total. The molecule has 0 saturated carbocycles. The van der Waals surface area contributed by atoms with Crippen molar-refractivity contribution in [1.82, 2.24) is 4.90 Å². The molecule has 0 aliphatic heterocycles. The van der Waals surface area contributed by atoms with Crippen molar-refractivity contribution in [2.75, 3.05) is 40.0 Å². The molecule has 0 heterocycles. The van der Waals surface area contributed by atoms with E-state index in [1.165, 1.54) is 18.1 Å². The molecule has 0 atom stereocenters. The van der Waals surface area contributed by atoms with Crippen molar-refractivity contribution in [2.24, 2.45) is 0 Å². The Hall–Kier alpha value is -2.06. The van der Waals surface area contributed by atoms with Gasteiger partial charge in [0.05, 0.1) is 33.4 Å². The molecule has 0 bridgehead atoms. The van der Waals surface area contributed by atoms with Gasteiger partial charge in [-0.2, -0.15) is 0 Å². The lowest BCUT2D eigenvalue weighted by atomic mass is 10.2. The molecule has 0 aliphatic rings. The average Bonchev–Trinajstić information content (AvgIpc) is 2.55. The van der Waals surface area contributed by atoms with Gasteiger partial charge in [-0.1, -0.05) is 0 Å². The summed E-state index contributed by atoms with van der Waals surface area (Å²) in [4.78, 5) is 24.8. The predicted molar refractivity (Wildman–Crippen MR) is 76.8 cm³/mol. The van der Waals surface area contributed by atoms with Crippen molar-refractivity contribution in [3.05, 3.63) is 35.4 Å². The highest BCUT2D eigenvalue weighted by Gasteiger charge is 2.18. The first kappa shape index (κ1) is 19.0. The van der Waals surface area contributed by atoms with Crippen LogP contribution in [0.5, 0.6) is 0 Å². The van der Waals surface area contributed by atoms with E-state index in [1.807, 2.05) is 0 Å². The fourth-order valence-corrected chi connectivity index (χ4v) is 1.80. The Balaban J connectivity index is 2.76. The van der Waals surface area contributed by atoms with E-state index in [0.717, 1.165) is 12.1 Å². The Morgan fingerprint density at radius 2 is 1.91 bits per heavy atom. The number of esters is 1. The maximum absolute atomic E-state index is 13.3. The molecule has 0 unspecified atom stereocenters. The molecule has 0 saturated heterocycles. The monoisotopic (exact) mass is 331 g/mol. The van der Waals surface area contributed by atoms with Crippen molar-refractivity contribution >= 4 is 11.9 Å². The summed E-state index contributed by atoms with van der Waals surface area (Å²) in [7, 11) is 1.23. The molecule has 128 valence electrons. The minimum Gasteiger partial charge on any atom is -0.469 e. The zero-order valence-electron chi connectivity index (χ0n) is 12.8. The smallest absolute Gasteiger partial charge is 0.307 e. The van der Waals surface area contributed by atoms with Crippen LogP contribution >= 0.6 is 0 Å². The van der Waals surface area contributed by atoms with Crippen LogP contribution in [0.2, 0.25) is 0 Å². The molecule has 1 amide bonds. The normalized spacial score (nSPS) is 10.4. The van der Waals surface area contributed by atoms with Gasteiger partial charge in [0.25, 0.3) is 5.91 Å². The van der Waals surface area contributed by atoms with Crippen LogP contribution in [-0.4, -0.2) is 61.9 Å². The van der Waals surface area contributed by atoms with Gasteiger partial charge in [-0.25, -0.2) is 8.78 Å². The molecular weight excluding hydrogens is 312 g/mol. The number of amides is 1. The Morgan fingerprint density at radius 3 is 2.52 bits per heavy atom. The molecule has 1 N–H and O–H groups in total. The van der Waals surface area contributed by atoms with E-state index in [-0.39, 0.29) is 44.9 Å². The molecule has 0 aliphatic carbocycles. The van der Waals surface area contributed by atoms with Crippen molar-refractivity contribution in [3.63, 3.8) is 0 Å². The maximum Gasteiger partial charge on any atom is 0.307 e. The second-order valence-corrected chi connectivity index (χ2v) is 4.58. The van der Waals surface area contributed by atoms with E-state index in [0.29, 0.717) is 0 Å². The minimum atomic E-state index is -1.12. The quantitative estimate of drug-likeness (QED) is 0.539. The third-order valence-corrected chi connectivity index (χ3v) is 3.01. The highest BCUT2D eigenvalue weighted by Crippen LogP contribution is 2.11. The fourth-order valence-electron chi connectivity index (χ4n) is 1.80. The Morgan fingerprint density at radius 1 is 1.17 bits per heavy atom. The summed E-state index contributed by atoms with van der Waals surface area (Å²) in [6.07, 6.45) is -0.0358. The number of carbonyl (C=O) groups excluding carboxylic acids is 2. The Kier molecular flexibility index (Phi) is 8.14. The van der Waals surface area contributed by atoms with Crippen LogP contribution in [0.15, 0.2) is 18.2 Å². The highest BCUT2D eigenvalue weighted by molar-refractivity contribution is 5.94. The molecule has 1 aromatic carbocycles. The van der Waals surface area contributed by atoms with E-state index in [9.17, 15) is 18.4 Å². The second kappa shape index (κ2) is 9.86. The number of benzene rings is 1. The number of carbonyl (C=O) groups is 2. The van der Waals surface area contributed by atoms with Gasteiger partial charge in [-0.05, 0) is 18.2 Å². The first-order chi connectivity index (χ1) is 11.0. The van der Waals surface area contributed by atoms with Crippen LogP contribution in [0.3, 0.4) is 0 Å². The topological polar surface area (TPSA) is 76.1 Å². The largest absolute Gasteiger partial charge is 0.469 e. The zero-order chi connectivity index (χ0) is 17.2. The zero-order valence-corrected chi connectivity index (χ0v) is 12.8. The van der Waals surface area contributed by atoms with Gasteiger partial charge in [-0.3, -0.25) is 9.59 Å². The number of aliphatic hydroxyl groups excluding tert-OH is 1. The summed E-state index contributed by atoms with van der Waals surface area (Å²) in [5, 5.41) is 8.64. The van der Waals surface area contributed by atoms with Crippen LogP contribution in [0.1, 0.15) is 16.8 Å². The Labute approximate surface area is 132 Å². The first-order valence-corrected chi connectivity index (χ1v) is 6.99. The van der Waals surface area contributed by atoms with E-state index >= 15 is 0 Å². The summed E-state index contributed by atoms with van der Waals surface area (Å²) in [5.74, 6) is -3.22. The van der Waals surface area contributed by atoms with E-state index < -0.39 is 23.5 Å². The van der Waals surface area contributed by atoms with Crippen LogP contribution < -0.4 is 0 Å². The second-order valence-electron chi connectivity index (χ2n) is 4.58. The number of rotatable bonds is 9. The van der Waals surface area contributed by atoms with Gasteiger partial charge < -0.3 is 19.5 Å². The fraction of sp³-hybridized carbons (Fsp3) is 0.467. The lowest BCUT2D eigenvalue weighted by Crippen LogP contribution is -2.36. The van der Waals surface area contributed by atoms with Crippen molar-refractivity contribution in [3.8, 4) is 0 Å². The summed E-state index contributed by atoms with van der Waals surface area (Å²) < 4.78 is 35.8. The van der Waals surface area contributed by atoms with Crippen LogP contribution in [0.4, 0.5) is 8.78 Å². The van der Waals surface area contributed by atoms with Gasteiger partial charge in [0.2, 0.25) is 0 Å². The summed E-state index contributed by atoms with van der Waals surface area (Å²) in [6, 6.07) is 2.83. The van der Waals surface area contributed by atoms with Crippen LogP contribution in [-0.2, 0) is 14.3 Å². The lowest BCUT2D eigenvalue weighted by molar-refractivity contribution is -0.140. The number of hydrogen-bond donors (Lipinski definition) is 1. The van der Waals surface area contributed by atoms with Gasteiger partial charge in [-0.15, -0.1) is 0 Å². The van der Waals surface area contributed by atoms with Gasteiger partial charge in [0.1, 0.15) is 0 Å². The molecule has 0 fully saturated rings. The SMILES string of the molecule is COC(=O)CCN(CCOCCO)C(=O)c1ccc(F)c(F)c1. The predicted octanol–water partition coefficient (Wildman–Crippen LogP) is 0.979. The molecular formula is C15H19F2NO5. The number of nitrogens with zero attached hydrogens (tertiary/aromatic N) is 1. The number of ether oxygens (including phenoxy) is 2. The van der Waals surface area contributed by atoms with Gasteiger partial charge in [0.15, 0.2) is 11.6 Å². The number of methoxy groups -OCH3 is 1. The third kappa shape index (κ3) is 6.29. The van der Waals surface area contributed by atoms with Gasteiger partial charge in [0, 0.05) is 18.7 Å². The Bertz CT molecular complexity index is 539. The molecule has 0 spiro atoms. The standard InChI is InChI=1S/C15H19F2NO5/c1-22-14(20)4-5-18(6-8-23-9-7-19)15(21)11-2-3-12(16)13(17)10-11/h2-3,10,19H,4-9H2,1H3. The van der Waals surface area contributed by atoms with E-state index in [2.05, 4.69) is 4.74 Å². The van der Waals surface area contributed by atoms with Crippen LogP contribution in [0, 0.1) is 11.6 Å². The first-order valence-electron chi connectivity index (χ1n) is 6.99. The van der Waals surface area contributed by atoms with E-state index in [1.54, 1.807) is 0 Å². The summed E-state index contributed by atoms with van der Waals surface area (Å²) >= 11 is 0. The number of hydrogen-bond acceptors (Lipinski definition) is 5. The van der Waals surface area contributed by atoms with Crippen molar-refractivity contribution in [2.45, 2.75) is 6.42 Å². The van der Waals surface area contributed by atoms with E-state index in [4.69, 9.17) is 9.84 Å². The van der Waals surface area contributed by atoms with Crippen molar-refractivity contribution in [1.29, 1.82) is 0 Å². The number of aliphatic hydroxyl groups is 1. The van der Waals surface area contributed by atoms with Crippen LogP contribution in [0.25, 0.3) is 0 Å². The molecule has 8 heteroatoms. The van der Waals surface area contributed by atoms with Crippen molar-refractivity contribution < 1.29 is 33.0 Å².